The Labute approximate surface area is 146 Å². The Kier molecular flexibility index (Phi) is 5.33. The number of carbonyl (C=O) groups is 2. The molecule has 0 radical (unpaired) electrons. The topological polar surface area (TPSA) is 66.8 Å². The Morgan fingerprint density at radius 2 is 1.80 bits per heavy atom. The van der Waals surface area contributed by atoms with Crippen molar-refractivity contribution in [1.82, 2.24) is 4.90 Å². The van der Waals surface area contributed by atoms with Crippen molar-refractivity contribution in [2.45, 2.75) is 19.4 Å². The minimum Gasteiger partial charge on any atom is -0.489 e. The van der Waals surface area contributed by atoms with Crippen LogP contribution in [0.4, 0.5) is 0 Å². The summed E-state index contributed by atoms with van der Waals surface area (Å²) in [6.07, 6.45) is 1.36. The Hall–Kier alpha value is -2.82. The van der Waals surface area contributed by atoms with E-state index >= 15 is 0 Å². The molecule has 1 heterocycles. The van der Waals surface area contributed by atoms with Crippen LogP contribution in [-0.2, 0) is 11.4 Å². The molecule has 130 valence electrons. The quantitative estimate of drug-likeness (QED) is 0.908. The minimum absolute atomic E-state index is 0.110. The molecule has 1 saturated heterocycles. The van der Waals surface area contributed by atoms with Crippen molar-refractivity contribution in [3.63, 3.8) is 0 Å². The van der Waals surface area contributed by atoms with Crippen molar-refractivity contribution in [2.24, 2.45) is 5.92 Å². The maximum Gasteiger partial charge on any atom is 0.308 e. The molecule has 1 amide bonds. The number of rotatable bonds is 5. The Morgan fingerprint density at radius 1 is 1.08 bits per heavy atom. The van der Waals surface area contributed by atoms with Gasteiger partial charge >= 0.3 is 5.97 Å². The Bertz CT molecular complexity index is 727. The summed E-state index contributed by atoms with van der Waals surface area (Å²) >= 11 is 0. The first kappa shape index (κ1) is 17.0. The van der Waals surface area contributed by atoms with E-state index in [0.29, 0.717) is 25.1 Å². The van der Waals surface area contributed by atoms with Gasteiger partial charge in [-0.2, -0.15) is 0 Å². The summed E-state index contributed by atoms with van der Waals surface area (Å²) < 4.78 is 5.69. The molecule has 0 aromatic heterocycles. The van der Waals surface area contributed by atoms with Crippen LogP contribution in [0.5, 0.6) is 5.75 Å². The predicted molar refractivity (Wildman–Crippen MR) is 93.5 cm³/mol. The van der Waals surface area contributed by atoms with Crippen molar-refractivity contribution in [3.05, 3.63) is 65.7 Å². The highest BCUT2D eigenvalue weighted by Crippen LogP contribution is 2.19. The fourth-order valence-corrected chi connectivity index (χ4v) is 2.97. The van der Waals surface area contributed by atoms with Crippen molar-refractivity contribution >= 4 is 11.9 Å². The molecule has 1 atom stereocenters. The van der Waals surface area contributed by atoms with E-state index in [-0.39, 0.29) is 12.5 Å². The molecule has 1 N–H and O–H groups in total. The maximum atomic E-state index is 12.6. The fraction of sp³-hybridized carbons (Fsp3) is 0.300. The van der Waals surface area contributed by atoms with Gasteiger partial charge in [0.2, 0.25) is 0 Å². The van der Waals surface area contributed by atoms with Gasteiger partial charge in [-0.25, -0.2) is 0 Å². The summed E-state index contributed by atoms with van der Waals surface area (Å²) in [5, 5.41) is 9.15. The van der Waals surface area contributed by atoms with Crippen LogP contribution in [0.2, 0.25) is 0 Å². The van der Waals surface area contributed by atoms with Crippen molar-refractivity contribution in [2.75, 3.05) is 13.1 Å². The van der Waals surface area contributed by atoms with Crippen LogP contribution in [0.25, 0.3) is 0 Å². The molecule has 2 aromatic rings. The third-order valence-corrected chi connectivity index (χ3v) is 4.41. The molecule has 0 saturated carbocycles. The number of hydrogen-bond donors (Lipinski definition) is 1. The molecule has 5 nitrogen and oxygen atoms in total. The van der Waals surface area contributed by atoms with E-state index in [9.17, 15) is 9.59 Å². The second-order valence-electron chi connectivity index (χ2n) is 6.23. The molecule has 0 aliphatic carbocycles. The summed E-state index contributed by atoms with van der Waals surface area (Å²) in [4.78, 5) is 25.3. The Morgan fingerprint density at radius 3 is 2.48 bits per heavy atom. The molecule has 0 unspecified atom stereocenters. The summed E-state index contributed by atoms with van der Waals surface area (Å²) in [7, 11) is 0. The number of carboxylic acids is 1. The van der Waals surface area contributed by atoms with E-state index in [2.05, 4.69) is 0 Å². The average molecular weight is 339 g/mol. The second-order valence-corrected chi connectivity index (χ2v) is 6.23. The van der Waals surface area contributed by atoms with Gasteiger partial charge in [-0.1, -0.05) is 30.3 Å². The van der Waals surface area contributed by atoms with Crippen molar-refractivity contribution in [1.29, 1.82) is 0 Å². The van der Waals surface area contributed by atoms with E-state index in [1.807, 2.05) is 42.5 Å². The average Bonchev–Trinajstić information content (AvgIpc) is 2.67. The van der Waals surface area contributed by atoms with E-state index in [1.165, 1.54) is 0 Å². The van der Waals surface area contributed by atoms with Gasteiger partial charge in [0, 0.05) is 18.7 Å². The zero-order valence-electron chi connectivity index (χ0n) is 13.9. The van der Waals surface area contributed by atoms with E-state index < -0.39 is 11.9 Å². The molecule has 1 fully saturated rings. The van der Waals surface area contributed by atoms with Crippen molar-refractivity contribution < 1.29 is 19.4 Å². The highest BCUT2D eigenvalue weighted by Gasteiger charge is 2.28. The van der Waals surface area contributed by atoms with Crippen LogP contribution in [0.1, 0.15) is 28.8 Å². The van der Waals surface area contributed by atoms with Gasteiger partial charge in [-0.05, 0) is 42.7 Å². The van der Waals surface area contributed by atoms with Gasteiger partial charge in [0.25, 0.3) is 5.91 Å². The first-order valence-corrected chi connectivity index (χ1v) is 8.42. The standard InChI is InChI=1S/C20H21NO4/c22-19(21-12-4-5-17(13-21)20(23)24)16-10-8-15(9-11-16)14-25-18-6-2-1-3-7-18/h1-3,6-11,17H,4-5,12-14H2,(H,23,24)/t17-/m0/s1. The highest BCUT2D eigenvalue weighted by atomic mass is 16.5. The summed E-state index contributed by atoms with van der Waals surface area (Å²) in [6, 6.07) is 16.8. The lowest BCUT2D eigenvalue weighted by Gasteiger charge is -2.30. The van der Waals surface area contributed by atoms with E-state index in [1.54, 1.807) is 17.0 Å². The largest absolute Gasteiger partial charge is 0.489 e. The summed E-state index contributed by atoms with van der Waals surface area (Å²) in [5.41, 5.74) is 1.55. The molecule has 3 rings (SSSR count). The lowest BCUT2D eigenvalue weighted by Crippen LogP contribution is -2.42. The lowest BCUT2D eigenvalue weighted by molar-refractivity contribution is -0.143. The third kappa shape index (κ3) is 4.38. The molecular formula is C20H21NO4. The molecular weight excluding hydrogens is 318 g/mol. The number of carboxylic acid groups (broad SMARTS) is 1. The van der Waals surface area contributed by atoms with Crippen LogP contribution in [-0.4, -0.2) is 35.0 Å². The van der Waals surface area contributed by atoms with E-state index in [0.717, 1.165) is 17.7 Å². The maximum absolute atomic E-state index is 12.6. The lowest BCUT2D eigenvalue weighted by atomic mass is 9.97. The number of piperidine rings is 1. The number of carbonyl (C=O) groups excluding carboxylic acids is 1. The number of nitrogens with zero attached hydrogens (tertiary/aromatic N) is 1. The van der Waals surface area contributed by atoms with Crippen LogP contribution in [0.15, 0.2) is 54.6 Å². The summed E-state index contributed by atoms with van der Waals surface area (Å²) in [6.45, 7) is 1.33. The molecule has 5 heteroatoms. The van der Waals surface area contributed by atoms with Gasteiger partial charge in [0.05, 0.1) is 5.92 Å². The zero-order chi connectivity index (χ0) is 17.6. The Balaban J connectivity index is 1.59. The number of likely N-dealkylation sites (tertiary alicyclic amines) is 1. The highest BCUT2D eigenvalue weighted by molar-refractivity contribution is 5.94. The van der Waals surface area contributed by atoms with Crippen LogP contribution in [0.3, 0.4) is 0 Å². The van der Waals surface area contributed by atoms with Gasteiger partial charge in [0.15, 0.2) is 0 Å². The van der Waals surface area contributed by atoms with Gasteiger partial charge in [-0.3, -0.25) is 9.59 Å². The first-order chi connectivity index (χ1) is 12.1. The molecule has 2 aromatic carbocycles. The van der Waals surface area contributed by atoms with Crippen molar-refractivity contribution in [3.8, 4) is 5.75 Å². The van der Waals surface area contributed by atoms with Crippen LogP contribution in [0, 0.1) is 5.92 Å². The molecule has 0 spiro atoms. The number of ether oxygens (including phenoxy) is 1. The number of hydrogen-bond acceptors (Lipinski definition) is 3. The smallest absolute Gasteiger partial charge is 0.308 e. The number of amides is 1. The van der Waals surface area contributed by atoms with E-state index in [4.69, 9.17) is 9.84 Å². The predicted octanol–water partition coefficient (Wildman–Crippen LogP) is 3.20. The number of para-hydroxylation sites is 1. The van der Waals surface area contributed by atoms with Gasteiger partial charge < -0.3 is 14.7 Å². The molecule has 0 bridgehead atoms. The number of aliphatic carboxylic acids is 1. The minimum atomic E-state index is -0.828. The van der Waals surface area contributed by atoms with Gasteiger partial charge in [0.1, 0.15) is 12.4 Å². The van der Waals surface area contributed by atoms with Crippen LogP contribution < -0.4 is 4.74 Å². The second kappa shape index (κ2) is 7.83. The van der Waals surface area contributed by atoms with Gasteiger partial charge in [-0.15, -0.1) is 0 Å². The zero-order valence-corrected chi connectivity index (χ0v) is 13.9. The normalized spacial score (nSPS) is 17.1. The molecule has 1 aliphatic heterocycles. The summed E-state index contributed by atoms with van der Waals surface area (Å²) in [5.74, 6) is -0.598. The molecule has 25 heavy (non-hydrogen) atoms. The third-order valence-electron chi connectivity index (χ3n) is 4.41. The SMILES string of the molecule is O=C(O)[C@H]1CCCN(C(=O)c2ccc(COc3ccccc3)cc2)C1. The molecule has 1 aliphatic rings. The fourth-order valence-electron chi connectivity index (χ4n) is 2.97. The monoisotopic (exact) mass is 339 g/mol. The number of benzene rings is 2. The van der Waals surface area contributed by atoms with Crippen LogP contribution >= 0.6 is 0 Å². The first-order valence-electron chi connectivity index (χ1n) is 8.42.